The van der Waals surface area contributed by atoms with Gasteiger partial charge in [0.1, 0.15) is 12.6 Å². The second-order valence-electron chi connectivity index (χ2n) is 7.63. The fourth-order valence-corrected chi connectivity index (χ4v) is 4.40. The molecule has 2 fully saturated rings. The highest BCUT2D eigenvalue weighted by Crippen LogP contribution is 2.35. The van der Waals surface area contributed by atoms with E-state index < -0.39 is 35.6 Å². The smallest absolute Gasteiger partial charge is 0.364 e. The molecule has 3 N–H and O–H groups in total. The van der Waals surface area contributed by atoms with Gasteiger partial charge in [-0.2, -0.15) is 0 Å². The Hall–Kier alpha value is -3.23. The number of nitrogens with one attached hydrogen (secondary N) is 2. The number of carbonyl (C=O) groups excluding carboxylic acids is 3. The van der Waals surface area contributed by atoms with Crippen molar-refractivity contribution < 1.29 is 29.1 Å². The predicted octanol–water partition coefficient (Wildman–Crippen LogP) is -0.369. The molecule has 0 aromatic heterocycles. The number of methoxy groups -OCH3 is 1. The molecule has 1 unspecified atom stereocenters. The van der Waals surface area contributed by atoms with Gasteiger partial charge < -0.3 is 20.1 Å². The molecular formula is C22H24N3O5+. The van der Waals surface area contributed by atoms with Crippen LogP contribution in [-0.4, -0.2) is 60.4 Å². The second kappa shape index (κ2) is 7.89. The number of amides is 3. The van der Waals surface area contributed by atoms with E-state index in [1.165, 1.54) is 7.11 Å². The predicted molar refractivity (Wildman–Crippen MR) is 106 cm³/mol. The number of urea groups is 1. The molecule has 0 spiro atoms. The Morgan fingerprint density at radius 1 is 1.13 bits per heavy atom. The van der Waals surface area contributed by atoms with E-state index in [0.717, 1.165) is 4.90 Å². The van der Waals surface area contributed by atoms with Crippen molar-refractivity contribution in [1.29, 1.82) is 0 Å². The Morgan fingerprint density at radius 3 is 2.23 bits per heavy atom. The summed E-state index contributed by atoms with van der Waals surface area (Å²) in [5.74, 6) is -0.881. The number of rotatable bonds is 5. The fourth-order valence-electron chi connectivity index (χ4n) is 4.40. The molecule has 8 nitrogen and oxygen atoms in total. The van der Waals surface area contributed by atoms with Crippen molar-refractivity contribution in [3.05, 3.63) is 71.8 Å². The summed E-state index contributed by atoms with van der Waals surface area (Å²) in [4.78, 5) is 40.5. The zero-order valence-electron chi connectivity index (χ0n) is 16.6. The van der Waals surface area contributed by atoms with Crippen molar-refractivity contribution in [2.45, 2.75) is 24.1 Å². The van der Waals surface area contributed by atoms with E-state index in [9.17, 15) is 19.5 Å². The normalized spacial score (nSPS) is 25.3. The lowest BCUT2D eigenvalue weighted by molar-refractivity contribution is -0.912. The molecule has 30 heavy (non-hydrogen) atoms. The number of likely N-dealkylation sites (tertiary alicyclic amines) is 1. The third kappa shape index (κ3) is 3.24. The number of quaternary nitrogens is 1. The van der Waals surface area contributed by atoms with Crippen LogP contribution in [0.15, 0.2) is 60.7 Å². The van der Waals surface area contributed by atoms with Crippen LogP contribution in [0.1, 0.15) is 17.5 Å². The van der Waals surface area contributed by atoms with Crippen molar-refractivity contribution >= 4 is 17.9 Å². The van der Waals surface area contributed by atoms with E-state index in [2.05, 4.69) is 5.32 Å². The van der Waals surface area contributed by atoms with Crippen LogP contribution in [0, 0.1) is 0 Å². The molecular weight excluding hydrogens is 386 g/mol. The van der Waals surface area contributed by atoms with Crippen LogP contribution in [0.5, 0.6) is 0 Å². The van der Waals surface area contributed by atoms with Gasteiger partial charge in [-0.1, -0.05) is 60.7 Å². The van der Waals surface area contributed by atoms with Gasteiger partial charge in [0.2, 0.25) is 0 Å². The van der Waals surface area contributed by atoms with Crippen LogP contribution in [0.3, 0.4) is 0 Å². The molecule has 0 bridgehead atoms. The van der Waals surface area contributed by atoms with Gasteiger partial charge in [-0.25, -0.2) is 14.5 Å². The summed E-state index contributed by atoms with van der Waals surface area (Å²) in [6.45, 7) is 0.212. The SMILES string of the molecule is COC(=O)[C@@H]1C[C@@H](O)C[NH+]1CN1C(=O)NC(c2ccccc2)(c2ccccc2)C1=O. The van der Waals surface area contributed by atoms with Gasteiger partial charge in [0.05, 0.1) is 7.11 Å². The first-order valence-electron chi connectivity index (χ1n) is 9.83. The summed E-state index contributed by atoms with van der Waals surface area (Å²) < 4.78 is 4.84. The molecule has 8 heteroatoms. The third-order valence-corrected chi connectivity index (χ3v) is 5.86. The number of hydrogen-bond acceptors (Lipinski definition) is 5. The topological polar surface area (TPSA) is 100 Å². The number of imide groups is 1. The highest BCUT2D eigenvalue weighted by atomic mass is 16.5. The van der Waals surface area contributed by atoms with Crippen LogP contribution in [0.2, 0.25) is 0 Å². The minimum Gasteiger partial charge on any atom is -0.465 e. The van der Waals surface area contributed by atoms with E-state index in [4.69, 9.17) is 4.74 Å². The Morgan fingerprint density at radius 2 is 1.70 bits per heavy atom. The molecule has 0 radical (unpaired) electrons. The fraction of sp³-hybridized carbons (Fsp3) is 0.318. The average Bonchev–Trinajstić information content (AvgIpc) is 3.27. The number of ether oxygens (including phenoxy) is 1. The van der Waals surface area contributed by atoms with Crippen LogP contribution >= 0.6 is 0 Å². The van der Waals surface area contributed by atoms with E-state index in [-0.39, 0.29) is 19.6 Å². The summed E-state index contributed by atoms with van der Waals surface area (Å²) in [5.41, 5.74) is -0.0472. The molecule has 2 aliphatic heterocycles. The van der Waals surface area contributed by atoms with Gasteiger partial charge in [-0.15, -0.1) is 0 Å². The molecule has 156 valence electrons. The van der Waals surface area contributed by atoms with Crippen molar-refractivity contribution in [3.8, 4) is 0 Å². The zero-order chi connectivity index (χ0) is 21.3. The van der Waals surface area contributed by atoms with Gasteiger partial charge in [-0.3, -0.25) is 4.79 Å². The Labute approximate surface area is 174 Å². The number of hydrogen-bond donors (Lipinski definition) is 3. The summed E-state index contributed by atoms with van der Waals surface area (Å²) in [5, 5.41) is 12.9. The lowest BCUT2D eigenvalue weighted by Gasteiger charge is -2.28. The van der Waals surface area contributed by atoms with E-state index in [1.807, 2.05) is 36.4 Å². The highest BCUT2D eigenvalue weighted by molar-refractivity contribution is 6.09. The minimum atomic E-state index is -1.35. The molecule has 2 heterocycles. The zero-order valence-corrected chi connectivity index (χ0v) is 16.6. The molecule has 3 amide bonds. The molecule has 2 aliphatic rings. The van der Waals surface area contributed by atoms with Crippen molar-refractivity contribution in [2.24, 2.45) is 0 Å². The van der Waals surface area contributed by atoms with E-state index in [1.54, 1.807) is 24.3 Å². The first-order valence-corrected chi connectivity index (χ1v) is 9.83. The van der Waals surface area contributed by atoms with E-state index in [0.29, 0.717) is 16.0 Å². The second-order valence-corrected chi connectivity index (χ2v) is 7.63. The molecule has 4 rings (SSSR count). The summed E-state index contributed by atoms with van der Waals surface area (Å²) in [6.07, 6.45) is -0.466. The minimum absolute atomic E-state index is 0.0388. The summed E-state index contributed by atoms with van der Waals surface area (Å²) in [7, 11) is 1.29. The lowest BCUT2D eigenvalue weighted by atomic mass is 9.83. The van der Waals surface area contributed by atoms with Crippen molar-refractivity contribution in [1.82, 2.24) is 10.2 Å². The average molecular weight is 410 g/mol. The van der Waals surface area contributed by atoms with Gasteiger partial charge >= 0.3 is 12.0 Å². The van der Waals surface area contributed by atoms with Gasteiger partial charge in [0.15, 0.2) is 18.2 Å². The Balaban J connectivity index is 1.70. The van der Waals surface area contributed by atoms with Gasteiger partial charge in [0.25, 0.3) is 5.91 Å². The molecule has 2 aromatic carbocycles. The Kier molecular flexibility index (Phi) is 5.27. The molecule has 0 aliphatic carbocycles. The number of carbonyl (C=O) groups is 3. The van der Waals surface area contributed by atoms with Crippen LogP contribution in [0.25, 0.3) is 0 Å². The van der Waals surface area contributed by atoms with E-state index >= 15 is 0 Å². The summed E-state index contributed by atoms with van der Waals surface area (Å²) in [6, 6.07) is 17.0. The molecule has 3 atom stereocenters. The maximum Gasteiger partial charge on any atom is 0.364 e. The van der Waals surface area contributed by atoms with Crippen LogP contribution < -0.4 is 10.2 Å². The van der Waals surface area contributed by atoms with Crippen LogP contribution in [0.4, 0.5) is 4.79 Å². The van der Waals surface area contributed by atoms with Gasteiger partial charge in [0, 0.05) is 6.42 Å². The van der Waals surface area contributed by atoms with Crippen molar-refractivity contribution in [3.63, 3.8) is 0 Å². The number of esters is 1. The van der Waals surface area contributed by atoms with Gasteiger partial charge in [-0.05, 0) is 11.1 Å². The number of benzene rings is 2. The number of aliphatic hydroxyl groups is 1. The third-order valence-electron chi connectivity index (χ3n) is 5.86. The monoisotopic (exact) mass is 410 g/mol. The molecule has 2 saturated heterocycles. The maximum absolute atomic E-state index is 13.7. The molecule has 2 aromatic rings. The summed E-state index contributed by atoms with van der Waals surface area (Å²) >= 11 is 0. The van der Waals surface area contributed by atoms with Crippen molar-refractivity contribution in [2.75, 3.05) is 20.3 Å². The quantitative estimate of drug-likeness (QED) is 0.461. The first-order chi connectivity index (χ1) is 14.5. The Bertz CT molecular complexity index is 910. The number of nitrogens with zero attached hydrogens (tertiary/aromatic N) is 1. The number of aliphatic hydroxyl groups excluding tert-OH is 1. The van der Waals surface area contributed by atoms with Crippen LogP contribution in [-0.2, 0) is 19.9 Å². The maximum atomic E-state index is 13.7. The highest BCUT2D eigenvalue weighted by Gasteiger charge is 2.55. The molecule has 0 saturated carbocycles. The first kappa shape index (κ1) is 20.1. The lowest BCUT2D eigenvalue weighted by Crippen LogP contribution is -3.16. The standard InChI is InChI=1S/C22H23N3O5/c1-30-19(27)18-12-17(26)13-24(18)14-25-20(28)22(23-21(25)29,15-8-4-2-5-9-15)16-10-6-3-7-11-16/h2-11,17-18,26H,12-14H2,1H3,(H,23,29)/p+1/t17-,18+/m1/s1. The largest absolute Gasteiger partial charge is 0.465 e.